The average molecular weight is 290 g/mol. The summed E-state index contributed by atoms with van der Waals surface area (Å²) in [6.45, 7) is 0. The summed E-state index contributed by atoms with van der Waals surface area (Å²) in [5, 5.41) is 1.99. The average Bonchev–Trinajstić information content (AvgIpc) is 2.68. The minimum absolute atomic E-state index is 0.258. The van der Waals surface area contributed by atoms with Crippen molar-refractivity contribution in [3.05, 3.63) is 40.6 Å². The number of pyridine rings is 1. The van der Waals surface area contributed by atoms with Gasteiger partial charge in [-0.2, -0.15) is 0 Å². The summed E-state index contributed by atoms with van der Waals surface area (Å²) in [6.07, 6.45) is 0. The summed E-state index contributed by atoms with van der Waals surface area (Å²) in [6, 6.07) is 9.58. The van der Waals surface area contributed by atoms with Crippen LogP contribution in [-0.4, -0.2) is 15.9 Å². The van der Waals surface area contributed by atoms with E-state index >= 15 is 0 Å². The highest BCUT2D eigenvalue weighted by Gasteiger charge is 2.12. The number of halogens is 1. The Balaban J connectivity index is 2.50. The van der Waals surface area contributed by atoms with Crippen LogP contribution >= 0.6 is 15.9 Å². The Morgan fingerprint density at radius 2 is 2.06 bits per heavy atom. The Labute approximate surface area is 105 Å². The lowest BCUT2D eigenvalue weighted by Gasteiger charge is -1.98. The van der Waals surface area contributed by atoms with Gasteiger partial charge in [0.15, 0.2) is 0 Å². The zero-order valence-electron chi connectivity index (χ0n) is 8.70. The number of rotatable bonds is 1. The van der Waals surface area contributed by atoms with Gasteiger partial charge in [0.1, 0.15) is 10.3 Å². The number of primary amides is 1. The van der Waals surface area contributed by atoms with Crippen molar-refractivity contribution in [3.8, 4) is 0 Å². The van der Waals surface area contributed by atoms with E-state index in [1.807, 2.05) is 24.3 Å². The quantitative estimate of drug-likeness (QED) is 0.676. The first kappa shape index (κ1) is 10.3. The Hall–Kier alpha value is -1.88. The third kappa shape index (κ3) is 1.51. The first-order valence-electron chi connectivity index (χ1n) is 5.03. The van der Waals surface area contributed by atoms with Crippen molar-refractivity contribution in [2.75, 3.05) is 0 Å². The predicted octanol–water partition coefficient (Wildman–Crippen LogP) is 2.58. The minimum atomic E-state index is -0.530. The molecule has 2 aromatic heterocycles. The monoisotopic (exact) mass is 289 g/mol. The SMILES string of the molecule is NC(=O)c1cc2c([nH]c3ccccc32)c(Br)n1. The predicted molar refractivity (Wildman–Crippen MR) is 69.8 cm³/mol. The highest BCUT2D eigenvalue weighted by Crippen LogP contribution is 2.29. The highest BCUT2D eigenvalue weighted by molar-refractivity contribution is 9.10. The summed E-state index contributed by atoms with van der Waals surface area (Å²) in [4.78, 5) is 18.5. The molecule has 0 fully saturated rings. The van der Waals surface area contributed by atoms with Gasteiger partial charge in [-0.3, -0.25) is 4.79 Å². The molecule has 17 heavy (non-hydrogen) atoms. The molecule has 3 aromatic rings. The Morgan fingerprint density at radius 3 is 2.82 bits per heavy atom. The normalized spacial score (nSPS) is 11.1. The number of nitrogens with zero attached hydrogens (tertiary/aromatic N) is 1. The van der Waals surface area contributed by atoms with Crippen molar-refractivity contribution in [1.82, 2.24) is 9.97 Å². The number of aromatic nitrogens is 2. The van der Waals surface area contributed by atoms with E-state index in [9.17, 15) is 4.79 Å². The van der Waals surface area contributed by atoms with Crippen molar-refractivity contribution < 1.29 is 4.79 Å². The van der Waals surface area contributed by atoms with E-state index in [1.165, 1.54) is 0 Å². The second-order valence-corrected chi connectivity index (χ2v) is 4.51. The number of para-hydroxylation sites is 1. The van der Waals surface area contributed by atoms with Crippen LogP contribution in [0, 0.1) is 0 Å². The van der Waals surface area contributed by atoms with Crippen LogP contribution in [0.2, 0.25) is 0 Å². The molecule has 0 spiro atoms. The third-order valence-corrected chi connectivity index (χ3v) is 3.28. The van der Waals surface area contributed by atoms with Crippen LogP contribution in [0.5, 0.6) is 0 Å². The van der Waals surface area contributed by atoms with Crippen LogP contribution in [0.15, 0.2) is 34.9 Å². The molecule has 0 bridgehead atoms. The number of amides is 1. The number of fused-ring (bicyclic) bond motifs is 3. The van der Waals surface area contributed by atoms with Crippen LogP contribution in [0.4, 0.5) is 0 Å². The summed E-state index contributed by atoms with van der Waals surface area (Å²) in [7, 11) is 0. The number of aromatic amines is 1. The maximum Gasteiger partial charge on any atom is 0.267 e. The summed E-state index contributed by atoms with van der Waals surface area (Å²) < 4.78 is 0.597. The van der Waals surface area contributed by atoms with Gasteiger partial charge in [0, 0.05) is 16.3 Å². The Morgan fingerprint density at radius 1 is 1.29 bits per heavy atom. The molecule has 5 heteroatoms. The fraction of sp³-hybridized carbons (Fsp3) is 0. The lowest BCUT2D eigenvalue weighted by atomic mass is 10.1. The zero-order valence-corrected chi connectivity index (χ0v) is 10.3. The molecule has 0 unspecified atom stereocenters. The van der Waals surface area contributed by atoms with Crippen LogP contribution in [-0.2, 0) is 0 Å². The van der Waals surface area contributed by atoms with Gasteiger partial charge >= 0.3 is 0 Å². The molecule has 2 heterocycles. The van der Waals surface area contributed by atoms with Gasteiger partial charge in [-0.05, 0) is 28.1 Å². The smallest absolute Gasteiger partial charge is 0.267 e. The topological polar surface area (TPSA) is 71.8 Å². The minimum Gasteiger partial charge on any atom is -0.364 e. The number of hydrogen-bond donors (Lipinski definition) is 2. The van der Waals surface area contributed by atoms with Gasteiger partial charge in [0.2, 0.25) is 0 Å². The molecule has 1 amide bonds. The summed E-state index contributed by atoms with van der Waals surface area (Å²) in [5.74, 6) is -0.530. The molecule has 0 saturated carbocycles. The zero-order chi connectivity index (χ0) is 12.0. The largest absolute Gasteiger partial charge is 0.364 e. The number of carbonyl (C=O) groups is 1. The second-order valence-electron chi connectivity index (χ2n) is 3.76. The van der Waals surface area contributed by atoms with E-state index in [-0.39, 0.29) is 5.69 Å². The Bertz CT molecular complexity index is 748. The molecule has 3 N–H and O–H groups in total. The number of hydrogen-bond acceptors (Lipinski definition) is 2. The second kappa shape index (κ2) is 3.56. The van der Waals surface area contributed by atoms with E-state index in [0.29, 0.717) is 4.60 Å². The molecule has 0 radical (unpaired) electrons. The van der Waals surface area contributed by atoms with Gasteiger partial charge in [-0.25, -0.2) is 4.98 Å². The maximum atomic E-state index is 11.2. The number of H-pyrrole nitrogens is 1. The standard InChI is InChI=1S/C12H8BrN3O/c13-11-10-7(5-9(16-11)12(14)17)6-3-1-2-4-8(6)15-10/h1-5,15H,(H2,14,17). The van der Waals surface area contributed by atoms with Crippen LogP contribution in [0.25, 0.3) is 21.8 Å². The molecule has 4 nitrogen and oxygen atoms in total. The first-order chi connectivity index (χ1) is 8.16. The van der Waals surface area contributed by atoms with E-state index in [2.05, 4.69) is 25.9 Å². The fourth-order valence-corrected chi connectivity index (χ4v) is 2.44. The van der Waals surface area contributed by atoms with Crippen molar-refractivity contribution in [2.45, 2.75) is 0 Å². The lowest BCUT2D eigenvalue weighted by molar-refractivity contribution is 0.0995. The van der Waals surface area contributed by atoms with E-state index in [0.717, 1.165) is 21.8 Å². The van der Waals surface area contributed by atoms with Gasteiger partial charge in [-0.1, -0.05) is 18.2 Å². The van der Waals surface area contributed by atoms with Gasteiger partial charge in [0.05, 0.1) is 5.52 Å². The number of carbonyl (C=O) groups excluding carboxylic acids is 1. The van der Waals surface area contributed by atoms with E-state index in [1.54, 1.807) is 6.07 Å². The van der Waals surface area contributed by atoms with Gasteiger partial charge in [0.25, 0.3) is 5.91 Å². The van der Waals surface area contributed by atoms with E-state index in [4.69, 9.17) is 5.73 Å². The Kier molecular flexibility index (Phi) is 2.16. The van der Waals surface area contributed by atoms with Crippen LogP contribution in [0.1, 0.15) is 10.5 Å². The molecule has 0 aliphatic heterocycles. The molecular formula is C12H8BrN3O. The molecule has 0 aliphatic rings. The van der Waals surface area contributed by atoms with Crippen molar-refractivity contribution in [1.29, 1.82) is 0 Å². The lowest BCUT2D eigenvalue weighted by Crippen LogP contribution is -2.12. The molecule has 84 valence electrons. The van der Waals surface area contributed by atoms with Gasteiger partial charge < -0.3 is 10.7 Å². The van der Waals surface area contributed by atoms with Crippen molar-refractivity contribution in [2.24, 2.45) is 5.73 Å². The molecule has 0 atom stereocenters. The number of benzene rings is 1. The highest BCUT2D eigenvalue weighted by atomic mass is 79.9. The molecule has 1 aromatic carbocycles. The first-order valence-corrected chi connectivity index (χ1v) is 5.83. The molecule has 3 rings (SSSR count). The number of nitrogens with one attached hydrogen (secondary N) is 1. The van der Waals surface area contributed by atoms with Crippen molar-refractivity contribution >= 4 is 43.6 Å². The van der Waals surface area contributed by atoms with Crippen LogP contribution in [0.3, 0.4) is 0 Å². The molecule has 0 aliphatic carbocycles. The van der Waals surface area contributed by atoms with Crippen LogP contribution < -0.4 is 5.73 Å². The number of nitrogens with two attached hydrogens (primary N) is 1. The van der Waals surface area contributed by atoms with E-state index < -0.39 is 5.91 Å². The van der Waals surface area contributed by atoms with Crippen molar-refractivity contribution in [3.63, 3.8) is 0 Å². The van der Waals surface area contributed by atoms with Gasteiger partial charge in [-0.15, -0.1) is 0 Å². The maximum absolute atomic E-state index is 11.2. The fourth-order valence-electron chi connectivity index (χ4n) is 1.93. The molecule has 0 saturated heterocycles. The molecular weight excluding hydrogens is 282 g/mol. The summed E-state index contributed by atoms with van der Waals surface area (Å²) in [5.41, 5.74) is 7.39. The third-order valence-electron chi connectivity index (χ3n) is 2.70. The summed E-state index contributed by atoms with van der Waals surface area (Å²) >= 11 is 3.34.